The number of urea groups is 1. The quantitative estimate of drug-likeness (QED) is 0.776. The van der Waals surface area contributed by atoms with E-state index in [0.29, 0.717) is 0 Å². The van der Waals surface area contributed by atoms with Gasteiger partial charge in [-0.1, -0.05) is 13.8 Å². The monoisotopic (exact) mass is 252 g/mol. The van der Waals surface area contributed by atoms with Gasteiger partial charge in [0.1, 0.15) is 6.54 Å². The number of amides is 2. The highest BCUT2D eigenvalue weighted by molar-refractivity contribution is 5.80. The van der Waals surface area contributed by atoms with Gasteiger partial charge in [-0.05, 0) is 5.92 Å². The van der Waals surface area contributed by atoms with E-state index in [9.17, 15) is 18.4 Å². The molecule has 0 aromatic heterocycles. The lowest BCUT2D eigenvalue weighted by Crippen LogP contribution is -2.46. The van der Waals surface area contributed by atoms with Crippen molar-refractivity contribution in [2.45, 2.75) is 20.3 Å². The molecule has 0 saturated heterocycles. The van der Waals surface area contributed by atoms with Crippen LogP contribution in [0.5, 0.6) is 0 Å². The van der Waals surface area contributed by atoms with E-state index < -0.39 is 31.5 Å². The summed E-state index contributed by atoms with van der Waals surface area (Å²) >= 11 is 0. The number of carbonyl (C=O) groups is 2. The van der Waals surface area contributed by atoms with Gasteiger partial charge in [0.25, 0.3) is 6.43 Å². The first-order chi connectivity index (χ1) is 7.73. The maximum absolute atomic E-state index is 12.1. The van der Waals surface area contributed by atoms with E-state index in [1.165, 1.54) is 7.05 Å². The van der Waals surface area contributed by atoms with Crippen LogP contribution in [0.4, 0.5) is 13.6 Å². The Labute approximate surface area is 99.0 Å². The van der Waals surface area contributed by atoms with Gasteiger partial charge in [0.2, 0.25) is 0 Å². The summed E-state index contributed by atoms with van der Waals surface area (Å²) in [6.07, 6.45) is -2.63. The summed E-state index contributed by atoms with van der Waals surface area (Å²) in [7, 11) is 1.23. The fraction of sp³-hybridized carbons (Fsp3) is 0.800. The fourth-order valence-electron chi connectivity index (χ4n) is 1.34. The van der Waals surface area contributed by atoms with E-state index in [1.54, 1.807) is 0 Å². The van der Waals surface area contributed by atoms with E-state index in [4.69, 9.17) is 5.11 Å². The molecular formula is C10H18F2N2O3. The van der Waals surface area contributed by atoms with Crippen LogP contribution in [-0.4, -0.2) is 60.0 Å². The molecule has 17 heavy (non-hydrogen) atoms. The second kappa shape index (κ2) is 7.03. The molecule has 0 spiro atoms. The summed E-state index contributed by atoms with van der Waals surface area (Å²) < 4.78 is 24.2. The van der Waals surface area contributed by atoms with Gasteiger partial charge >= 0.3 is 12.0 Å². The van der Waals surface area contributed by atoms with E-state index in [0.717, 1.165) is 9.80 Å². The molecule has 7 heteroatoms. The minimum absolute atomic E-state index is 0.0678. The van der Waals surface area contributed by atoms with Gasteiger partial charge in [-0.15, -0.1) is 0 Å². The van der Waals surface area contributed by atoms with Crippen molar-refractivity contribution in [1.82, 2.24) is 9.80 Å². The number of carboxylic acid groups (broad SMARTS) is 1. The molecule has 0 atom stereocenters. The number of rotatable bonds is 6. The van der Waals surface area contributed by atoms with Crippen molar-refractivity contribution < 1.29 is 23.5 Å². The number of hydrogen-bond acceptors (Lipinski definition) is 2. The average Bonchev–Trinajstić information content (AvgIpc) is 2.12. The van der Waals surface area contributed by atoms with Gasteiger partial charge in [-0.25, -0.2) is 13.6 Å². The van der Waals surface area contributed by atoms with Gasteiger partial charge in [-0.2, -0.15) is 0 Å². The number of alkyl halides is 2. The molecule has 100 valence electrons. The number of carbonyl (C=O) groups excluding carboxylic acids is 1. The van der Waals surface area contributed by atoms with Crippen molar-refractivity contribution in [3.63, 3.8) is 0 Å². The van der Waals surface area contributed by atoms with Crippen LogP contribution in [0.25, 0.3) is 0 Å². The molecule has 0 aliphatic heterocycles. The van der Waals surface area contributed by atoms with Crippen LogP contribution in [0.3, 0.4) is 0 Å². The smallest absolute Gasteiger partial charge is 0.323 e. The normalized spacial score (nSPS) is 10.8. The maximum atomic E-state index is 12.1. The Morgan fingerprint density at radius 1 is 1.24 bits per heavy atom. The highest BCUT2D eigenvalue weighted by Gasteiger charge is 2.23. The maximum Gasteiger partial charge on any atom is 0.323 e. The standard InChI is InChI=1S/C10H18F2N2O3/c1-7(2)4-14(6-9(15)16)10(17)13(3)5-8(11)12/h7-8H,4-6H2,1-3H3,(H,15,16). The lowest BCUT2D eigenvalue weighted by atomic mass is 10.2. The Kier molecular flexibility index (Phi) is 6.45. The van der Waals surface area contributed by atoms with Crippen molar-refractivity contribution in [3.8, 4) is 0 Å². The second-order valence-corrected chi connectivity index (χ2v) is 4.22. The van der Waals surface area contributed by atoms with E-state index >= 15 is 0 Å². The van der Waals surface area contributed by atoms with Gasteiger partial charge in [0.05, 0.1) is 6.54 Å². The number of hydrogen-bond donors (Lipinski definition) is 1. The number of halogens is 2. The number of carboxylic acids is 1. The van der Waals surface area contributed by atoms with Crippen LogP contribution in [0.1, 0.15) is 13.8 Å². The summed E-state index contributed by atoms with van der Waals surface area (Å²) in [6, 6.07) is -0.693. The Balaban J connectivity index is 4.55. The largest absolute Gasteiger partial charge is 0.480 e. The lowest BCUT2D eigenvalue weighted by Gasteiger charge is -2.28. The van der Waals surface area contributed by atoms with Crippen LogP contribution >= 0.6 is 0 Å². The van der Waals surface area contributed by atoms with Crippen molar-refractivity contribution in [1.29, 1.82) is 0 Å². The number of nitrogens with zero attached hydrogens (tertiary/aromatic N) is 2. The van der Waals surface area contributed by atoms with Crippen molar-refractivity contribution in [2.75, 3.05) is 26.7 Å². The van der Waals surface area contributed by atoms with Crippen molar-refractivity contribution in [2.24, 2.45) is 5.92 Å². The molecule has 0 aliphatic rings. The van der Waals surface area contributed by atoms with Gasteiger partial charge in [0.15, 0.2) is 0 Å². The van der Waals surface area contributed by atoms with Crippen LogP contribution in [0.2, 0.25) is 0 Å². The summed E-state index contributed by atoms with van der Waals surface area (Å²) in [5.74, 6) is -1.09. The molecule has 0 bridgehead atoms. The Hall–Kier alpha value is -1.40. The van der Waals surface area contributed by atoms with Crippen LogP contribution in [-0.2, 0) is 4.79 Å². The predicted molar refractivity (Wildman–Crippen MR) is 58.1 cm³/mol. The van der Waals surface area contributed by atoms with E-state index in [2.05, 4.69) is 0 Å². The first-order valence-electron chi connectivity index (χ1n) is 5.24. The molecule has 0 radical (unpaired) electrons. The van der Waals surface area contributed by atoms with E-state index in [1.807, 2.05) is 13.8 Å². The molecular weight excluding hydrogens is 234 g/mol. The third-order valence-corrected chi connectivity index (χ3v) is 1.92. The first kappa shape index (κ1) is 15.6. The highest BCUT2D eigenvalue weighted by atomic mass is 19.3. The highest BCUT2D eigenvalue weighted by Crippen LogP contribution is 2.05. The van der Waals surface area contributed by atoms with Gasteiger partial charge in [0, 0.05) is 13.6 Å². The Morgan fingerprint density at radius 3 is 2.12 bits per heavy atom. The van der Waals surface area contributed by atoms with Crippen molar-refractivity contribution in [3.05, 3.63) is 0 Å². The summed E-state index contributed by atoms with van der Waals surface area (Å²) in [4.78, 5) is 24.2. The lowest BCUT2D eigenvalue weighted by molar-refractivity contribution is -0.137. The fourth-order valence-corrected chi connectivity index (χ4v) is 1.34. The zero-order chi connectivity index (χ0) is 13.6. The molecule has 0 fully saturated rings. The van der Waals surface area contributed by atoms with Crippen molar-refractivity contribution >= 4 is 12.0 Å². The predicted octanol–water partition coefficient (Wildman–Crippen LogP) is 1.35. The zero-order valence-corrected chi connectivity index (χ0v) is 10.2. The molecule has 0 unspecified atom stereocenters. The topological polar surface area (TPSA) is 60.9 Å². The SMILES string of the molecule is CC(C)CN(CC(=O)O)C(=O)N(C)CC(F)F. The molecule has 0 aliphatic carbocycles. The van der Waals surface area contributed by atoms with Gasteiger partial charge in [-0.3, -0.25) is 4.79 Å². The molecule has 0 saturated carbocycles. The van der Waals surface area contributed by atoms with Crippen LogP contribution in [0.15, 0.2) is 0 Å². The molecule has 2 amide bonds. The van der Waals surface area contributed by atoms with Gasteiger partial charge < -0.3 is 14.9 Å². The van der Waals surface area contributed by atoms with Crippen LogP contribution in [0, 0.1) is 5.92 Å². The summed E-state index contributed by atoms with van der Waals surface area (Å²) in [5.41, 5.74) is 0. The summed E-state index contributed by atoms with van der Waals surface area (Å²) in [6.45, 7) is 2.67. The Bertz CT molecular complexity index is 272. The Morgan fingerprint density at radius 2 is 1.76 bits per heavy atom. The second-order valence-electron chi connectivity index (χ2n) is 4.22. The summed E-state index contributed by atoms with van der Waals surface area (Å²) in [5, 5.41) is 8.65. The number of aliphatic carboxylic acids is 1. The molecule has 5 nitrogen and oxygen atoms in total. The average molecular weight is 252 g/mol. The first-order valence-corrected chi connectivity index (χ1v) is 5.24. The third kappa shape index (κ3) is 6.70. The minimum atomic E-state index is -2.63. The third-order valence-electron chi connectivity index (χ3n) is 1.92. The zero-order valence-electron chi connectivity index (χ0n) is 10.2. The molecule has 0 heterocycles. The molecule has 0 rings (SSSR count). The van der Waals surface area contributed by atoms with E-state index in [-0.39, 0.29) is 12.5 Å². The van der Waals surface area contributed by atoms with Crippen LogP contribution < -0.4 is 0 Å². The molecule has 0 aromatic rings. The minimum Gasteiger partial charge on any atom is -0.480 e. The molecule has 0 aromatic carbocycles. The molecule has 1 N–H and O–H groups in total.